The van der Waals surface area contributed by atoms with Crippen LogP contribution in [0.3, 0.4) is 0 Å². The van der Waals surface area contributed by atoms with Gasteiger partial charge in [-0.25, -0.2) is 4.98 Å². The first kappa shape index (κ1) is 15.6. The standard InChI is InChI=1S/C16H20N4O3/c21-16(9-20-7-6-17-12-20)19-14-4-8-22-11-15(14)23-10-13-3-1-2-5-18-13/h1-3,5-7,12,14-15H,4,8-11H2,(H,19,21)/t14-,15-/m1/s1. The fraction of sp³-hybridized carbons (Fsp3) is 0.438. The molecule has 0 radical (unpaired) electrons. The lowest BCUT2D eigenvalue weighted by atomic mass is 10.1. The number of ether oxygens (including phenoxy) is 2. The van der Waals surface area contributed by atoms with Crippen LogP contribution in [0.1, 0.15) is 12.1 Å². The first-order valence-electron chi connectivity index (χ1n) is 7.65. The van der Waals surface area contributed by atoms with E-state index in [0.29, 0.717) is 19.8 Å². The molecule has 2 atom stereocenters. The summed E-state index contributed by atoms with van der Waals surface area (Å²) < 4.78 is 13.1. The highest BCUT2D eigenvalue weighted by Gasteiger charge is 2.28. The molecule has 2 aromatic heterocycles. The zero-order valence-corrected chi connectivity index (χ0v) is 12.8. The summed E-state index contributed by atoms with van der Waals surface area (Å²) >= 11 is 0. The minimum atomic E-state index is -0.169. The topological polar surface area (TPSA) is 78.3 Å². The van der Waals surface area contributed by atoms with Gasteiger partial charge in [0.15, 0.2) is 0 Å². The van der Waals surface area contributed by atoms with Gasteiger partial charge in [-0.1, -0.05) is 6.07 Å². The number of carbonyl (C=O) groups excluding carboxylic acids is 1. The molecule has 0 saturated carbocycles. The molecule has 1 fully saturated rings. The van der Waals surface area contributed by atoms with Crippen molar-refractivity contribution in [2.24, 2.45) is 0 Å². The molecule has 23 heavy (non-hydrogen) atoms. The van der Waals surface area contributed by atoms with Crippen molar-refractivity contribution in [1.82, 2.24) is 19.9 Å². The average molecular weight is 316 g/mol. The smallest absolute Gasteiger partial charge is 0.240 e. The number of hydrogen-bond acceptors (Lipinski definition) is 5. The van der Waals surface area contributed by atoms with Gasteiger partial charge >= 0.3 is 0 Å². The zero-order chi connectivity index (χ0) is 15.9. The molecule has 1 N–H and O–H groups in total. The molecule has 7 heteroatoms. The van der Waals surface area contributed by atoms with E-state index in [4.69, 9.17) is 9.47 Å². The van der Waals surface area contributed by atoms with E-state index in [1.54, 1.807) is 29.5 Å². The minimum absolute atomic E-state index is 0.0523. The lowest BCUT2D eigenvalue weighted by molar-refractivity contribution is -0.127. The summed E-state index contributed by atoms with van der Waals surface area (Å²) in [6, 6.07) is 5.65. The van der Waals surface area contributed by atoms with Gasteiger partial charge in [0.2, 0.25) is 5.91 Å². The van der Waals surface area contributed by atoms with Crippen molar-refractivity contribution in [3.63, 3.8) is 0 Å². The third-order valence-electron chi connectivity index (χ3n) is 3.71. The van der Waals surface area contributed by atoms with Crippen LogP contribution in [0.15, 0.2) is 43.1 Å². The van der Waals surface area contributed by atoms with Crippen molar-refractivity contribution >= 4 is 5.91 Å². The van der Waals surface area contributed by atoms with Gasteiger partial charge in [-0.2, -0.15) is 0 Å². The maximum Gasteiger partial charge on any atom is 0.240 e. The Bertz CT molecular complexity index is 603. The molecule has 0 bridgehead atoms. The molecule has 0 aliphatic carbocycles. The number of nitrogens with one attached hydrogen (secondary N) is 1. The Morgan fingerprint density at radius 2 is 2.39 bits per heavy atom. The second-order valence-electron chi connectivity index (χ2n) is 5.44. The van der Waals surface area contributed by atoms with Gasteiger partial charge in [-0.05, 0) is 18.6 Å². The van der Waals surface area contributed by atoms with Crippen molar-refractivity contribution in [3.8, 4) is 0 Å². The van der Waals surface area contributed by atoms with Gasteiger partial charge in [0.1, 0.15) is 12.6 Å². The van der Waals surface area contributed by atoms with Crippen LogP contribution in [0.4, 0.5) is 0 Å². The van der Waals surface area contributed by atoms with Crippen LogP contribution in [-0.4, -0.2) is 45.8 Å². The number of amides is 1. The Kier molecular flexibility index (Phi) is 5.33. The van der Waals surface area contributed by atoms with Crippen LogP contribution in [0.5, 0.6) is 0 Å². The van der Waals surface area contributed by atoms with Gasteiger partial charge in [-0.3, -0.25) is 9.78 Å². The molecular weight excluding hydrogens is 296 g/mol. The number of pyridine rings is 1. The van der Waals surface area contributed by atoms with Crippen LogP contribution in [0, 0.1) is 0 Å². The highest BCUT2D eigenvalue weighted by Crippen LogP contribution is 2.13. The molecule has 3 heterocycles. The molecule has 1 aliphatic heterocycles. The average Bonchev–Trinajstić information content (AvgIpc) is 3.08. The fourth-order valence-electron chi connectivity index (χ4n) is 2.52. The number of hydrogen-bond donors (Lipinski definition) is 1. The van der Waals surface area contributed by atoms with Crippen LogP contribution in [0.2, 0.25) is 0 Å². The van der Waals surface area contributed by atoms with Gasteiger partial charge < -0.3 is 19.4 Å². The third kappa shape index (κ3) is 4.61. The highest BCUT2D eigenvalue weighted by atomic mass is 16.5. The summed E-state index contributed by atoms with van der Waals surface area (Å²) in [4.78, 5) is 20.3. The lowest BCUT2D eigenvalue weighted by Crippen LogP contribution is -2.50. The summed E-state index contributed by atoms with van der Waals surface area (Å²) in [6.07, 6.45) is 7.35. The van der Waals surface area contributed by atoms with Crippen LogP contribution >= 0.6 is 0 Å². The summed E-state index contributed by atoms with van der Waals surface area (Å²) in [7, 11) is 0. The second kappa shape index (κ2) is 7.85. The van der Waals surface area contributed by atoms with Gasteiger partial charge in [-0.15, -0.1) is 0 Å². The molecular formula is C16H20N4O3. The number of imidazole rings is 1. The van der Waals surface area contributed by atoms with E-state index in [1.165, 1.54) is 0 Å². The van der Waals surface area contributed by atoms with Gasteiger partial charge in [0.05, 0.1) is 31.3 Å². The Morgan fingerprint density at radius 1 is 1.43 bits per heavy atom. The Balaban J connectivity index is 1.52. The van der Waals surface area contributed by atoms with E-state index in [9.17, 15) is 4.79 Å². The van der Waals surface area contributed by atoms with E-state index < -0.39 is 0 Å². The number of nitrogens with zero attached hydrogens (tertiary/aromatic N) is 3. The normalized spacial score (nSPS) is 21.0. The van der Waals surface area contributed by atoms with E-state index in [1.807, 2.05) is 18.2 Å². The Labute approximate surface area is 134 Å². The number of aromatic nitrogens is 3. The van der Waals surface area contributed by atoms with Crippen LogP contribution < -0.4 is 5.32 Å². The molecule has 3 rings (SSSR count). The quantitative estimate of drug-likeness (QED) is 0.851. The summed E-state index contributed by atoms with van der Waals surface area (Å²) in [5.74, 6) is -0.0543. The van der Waals surface area contributed by atoms with Gasteiger partial charge in [0.25, 0.3) is 0 Å². The Hall–Kier alpha value is -2.25. The van der Waals surface area contributed by atoms with E-state index >= 15 is 0 Å². The largest absolute Gasteiger partial charge is 0.379 e. The van der Waals surface area contributed by atoms with Gasteiger partial charge in [0, 0.05) is 25.2 Å². The zero-order valence-electron chi connectivity index (χ0n) is 12.8. The first-order valence-corrected chi connectivity index (χ1v) is 7.65. The molecule has 0 aromatic carbocycles. The number of rotatable bonds is 6. The molecule has 7 nitrogen and oxygen atoms in total. The minimum Gasteiger partial charge on any atom is -0.379 e. The molecule has 1 amide bonds. The van der Waals surface area contributed by atoms with E-state index in [2.05, 4.69) is 15.3 Å². The predicted octanol–water partition coefficient (Wildman–Crippen LogP) is 0.769. The summed E-state index contributed by atoms with van der Waals surface area (Å²) in [5.41, 5.74) is 0.863. The van der Waals surface area contributed by atoms with Crippen LogP contribution in [0.25, 0.3) is 0 Å². The highest BCUT2D eigenvalue weighted by molar-refractivity contribution is 5.76. The van der Waals surface area contributed by atoms with Crippen molar-refractivity contribution < 1.29 is 14.3 Å². The summed E-state index contributed by atoms with van der Waals surface area (Å²) in [6.45, 7) is 1.76. The molecule has 0 unspecified atom stereocenters. The summed E-state index contributed by atoms with van der Waals surface area (Å²) in [5, 5.41) is 3.03. The SMILES string of the molecule is O=C(Cn1ccnc1)N[C@@H]1CCOC[C@H]1OCc1ccccn1. The molecule has 1 aliphatic rings. The lowest BCUT2D eigenvalue weighted by Gasteiger charge is -2.32. The Morgan fingerprint density at radius 3 is 3.17 bits per heavy atom. The van der Waals surface area contributed by atoms with Crippen molar-refractivity contribution in [2.75, 3.05) is 13.2 Å². The maximum absolute atomic E-state index is 12.1. The molecule has 2 aromatic rings. The first-order chi connectivity index (χ1) is 11.3. The predicted molar refractivity (Wildman–Crippen MR) is 82.4 cm³/mol. The number of carbonyl (C=O) groups is 1. The van der Waals surface area contributed by atoms with E-state index in [0.717, 1.165) is 12.1 Å². The van der Waals surface area contributed by atoms with Crippen molar-refractivity contribution in [3.05, 3.63) is 48.8 Å². The third-order valence-corrected chi connectivity index (χ3v) is 3.71. The van der Waals surface area contributed by atoms with Crippen molar-refractivity contribution in [2.45, 2.75) is 31.7 Å². The van der Waals surface area contributed by atoms with Crippen molar-refractivity contribution in [1.29, 1.82) is 0 Å². The van der Waals surface area contributed by atoms with Crippen LogP contribution in [-0.2, 0) is 27.4 Å². The second-order valence-corrected chi connectivity index (χ2v) is 5.44. The molecule has 1 saturated heterocycles. The fourth-order valence-corrected chi connectivity index (χ4v) is 2.52. The molecule has 0 spiro atoms. The van der Waals surface area contributed by atoms with E-state index in [-0.39, 0.29) is 24.6 Å². The monoisotopic (exact) mass is 316 g/mol. The maximum atomic E-state index is 12.1. The molecule has 122 valence electrons.